The van der Waals surface area contributed by atoms with E-state index >= 15 is 0 Å². The number of ether oxygens (including phenoxy) is 1. The van der Waals surface area contributed by atoms with Gasteiger partial charge >= 0.3 is 0 Å². The minimum atomic E-state index is -0.788. The van der Waals surface area contributed by atoms with Gasteiger partial charge in [0.2, 0.25) is 0 Å². The molecule has 1 N–H and O–H groups in total. The second-order valence-corrected chi connectivity index (χ2v) is 5.03. The van der Waals surface area contributed by atoms with Crippen molar-refractivity contribution >= 4 is 15.9 Å². The number of aliphatic hydroxyl groups is 1. The first-order valence-corrected chi connectivity index (χ1v) is 6.56. The number of rotatable bonds is 4. The summed E-state index contributed by atoms with van der Waals surface area (Å²) in [6, 6.07) is 7.78. The number of nitrogens with zero attached hydrogens (tertiary/aromatic N) is 1. The van der Waals surface area contributed by atoms with Crippen molar-refractivity contribution in [3.8, 4) is 5.75 Å². The van der Waals surface area contributed by atoms with E-state index in [-0.39, 0.29) is 6.61 Å². The van der Waals surface area contributed by atoms with Crippen LogP contribution in [0, 0.1) is 5.82 Å². The van der Waals surface area contributed by atoms with E-state index < -0.39 is 11.9 Å². The van der Waals surface area contributed by atoms with Crippen LogP contribution in [0.2, 0.25) is 0 Å². The van der Waals surface area contributed by atoms with E-state index in [1.54, 1.807) is 13.1 Å². The number of hydrogen-bond donors (Lipinski definition) is 1. The molecule has 1 aromatic carbocycles. The molecule has 0 spiro atoms. The maximum atomic E-state index is 13.1. The monoisotopic (exact) mass is 325 g/mol. The third kappa shape index (κ3) is 3.75. The smallest absolute Gasteiger partial charge is 0.130 e. The molecule has 0 saturated heterocycles. The summed E-state index contributed by atoms with van der Waals surface area (Å²) in [5, 5.41) is 9.59. The molecule has 0 unspecified atom stereocenters. The van der Waals surface area contributed by atoms with E-state index in [0.717, 1.165) is 10.2 Å². The van der Waals surface area contributed by atoms with Crippen LogP contribution in [0.15, 0.2) is 41.0 Å². The number of benzene rings is 1. The van der Waals surface area contributed by atoms with Gasteiger partial charge in [-0.3, -0.25) is 4.98 Å². The Morgan fingerprint density at radius 2 is 2.16 bits per heavy atom. The molecule has 0 fully saturated rings. The maximum absolute atomic E-state index is 13.1. The van der Waals surface area contributed by atoms with Crippen LogP contribution in [0.4, 0.5) is 4.39 Å². The van der Waals surface area contributed by atoms with E-state index in [1.165, 1.54) is 18.2 Å². The van der Waals surface area contributed by atoms with E-state index in [1.807, 2.05) is 12.1 Å². The Hall–Kier alpha value is -1.46. The average molecular weight is 326 g/mol. The molecule has 1 aromatic heterocycles. The zero-order valence-corrected chi connectivity index (χ0v) is 11.9. The molecule has 0 amide bonds. The van der Waals surface area contributed by atoms with Crippen molar-refractivity contribution in [2.45, 2.75) is 19.6 Å². The highest BCUT2D eigenvalue weighted by Crippen LogP contribution is 2.26. The van der Waals surface area contributed by atoms with Gasteiger partial charge in [0.1, 0.15) is 18.2 Å². The first kappa shape index (κ1) is 14.0. The van der Waals surface area contributed by atoms with E-state index in [4.69, 9.17) is 4.74 Å². The third-order valence-corrected chi connectivity index (χ3v) is 3.06. The number of pyridine rings is 1. The third-order valence-electron chi connectivity index (χ3n) is 2.59. The molecule has 2 aromatic rings. The van der Waals surface area contributed by atoms with Gasteiger partial charge < -0.3 is 9.84 Å². The lowest BCUT2D eigenvalue weighted by molar-refractivity contribution is 0.189. The predicted molar refractivity (Wildman–Crippen MR) is 73.3 cm³/mol. The highest BCUT2D eigenvalue weighted by Gasteiger charge is 2.11. The zero-order valence-electron chi connectivity index (χ0n) is 10.3. The lowest BCUT2D eigenvalue weighted by atomic mass is 10.1. The van der Waals surface area contributed by atoms with Gasteiger partial charge in [0.05, 0.1) is 11.8 Å². The van der Waals surface area contributed by atoms with Crippen LogP contribution in [0.1, 0.15) is 24.3 Å². The molecular weight excluding hydrogens is 313 g/mol. The van der Waals surface area contributed by atoms with Crippen molar-refractivity contribution in [2.75, 3.05) is 0 Å². The van der Waals surface area contributed by atoms with Gasteiger partial charge in [-0.2, -0.15) is 0 Å². The molecule has 0 bridgehead atoms. The molecule has 3 nitrogen and oxygen atoms in total. The fraction of sp³-hybridized carbons (Fsp3) is 0.214. The summed E-state index contributed by atoms with van der Waals surface area (Å²) in [5.74, 6) is 0.0612. The first-order chi connectivity index (χ1) is 9.06. The van der Waals surface area contributed by atoms with Gasteiger partial charge in [0.25, 0.3) is 0 Å². The van der Waals surface area contributed by atoms with Crippen molar-refractivity contribution in [1.82, 2.24) is 4.98 Å². The molecule has 0 aliphatic heterocycles. The molecule has 19 heavy (non-hydrogen) atoms. The summed E-state index contributed by atoms with van der Waals surface area (Å²) in [4.78, 5) is 4.18. The molecule has 2 rings (SSSR count). The zero-order chi connectivity index (χ0) is 13.8. The summed E-state index contributed by atoms with van der Waals surface area (Å²) in [6.07, 6.45) is 0.891. The van der Waals surface area contributed by atoms with Crippen LogP contribution in [0.5, 0.6) is 5.75 Å². The number of aromatic nitrogens is 1. The molecule has 0 saturated carbocycles. The molecular formula is C14H13BrFNO2. The fourth-order valence-corrected chi connectivity index (χ4v) is 1.86. The predicted octanol–water partition coefficient (Wildman–Crippen LogP) is 3.62. The lowest BCUT2D eigenvalue weighted by Gasteiger charge is -2.13. The van der Waals surface area contributed by atoms with Crippen molar-refractivity contribution in [1.29, 1.82) is 0 Å². The highest BCUT2D eigenvalue weighted by molar-refractivity contribution is 9.10. The van der Waals surface area contributed by atoms with Crippen LogP contribution < -0.4 is 4.74 Å². The lowest BCUT2D eigenvalue weighted by Crippen LogP contribution is -2.02. The molecule has 100 valence electrons. The Bertz CT molecular complexity index is 558. The Kier molecular flexibility index (Phi) is 4.50. The van der Waals surface area contributed by atoms with Crippen LogP contribution in [-0.2, 0) is 6.61 Å². The number of halogens is 2. The second-order valence-electron chi connectivity index (χ2n) is 4.11. The topological polar surface area (TPSA) is 42.4 Å². The summed E-state index contributed by atoms with van der Waals surface area (Å²) >= 11 is 3.30. The minimum Gasteiger partial charge on any atom is -0.487 e. The Labute approximate surface area is 119 Å². The van der Waals surface area contributed by atoms with Crippen molar-refractivity contribution in [3.63, 3.8) is 0 Å². The first-order valence-electron chi connectivity index (χ1n) is 5.77. The van der Waals surface area contributed by atoms with Crippen molar-refractivity contribution in [2.24, 2.45) is 0 Å². The van der Waals surface area contributed by atoms with Gasteiger partial charge in [0, 0.05) is 16.2 Å². The van der Waals surface area contributed by atoms with Crippen LogP contribution in [0.3, 0.4) is 0 Å². The molecule has 5 heteroatoms. The fourth-order valence-electron chi connectivity index (χ4n) is 1.62. The average Bonchev–Trinajstić information content (AvgIpc) is 2.39. The second kappa shape index (κ2) is 6.12. The summed E-state index contributed by atoms with van der Waals surface area (Å²) in [7, 11) is 0. The standard InChI is InChI=1S/C14H13BrFNO2/c1-9(18)13-6-11(16)3-5-14(13)19-8-12-4-2-10(15)7-17-12/h2-7,9,18H,8H2,1H3/t9-/m1/s1. The highest BCUT2D eigenvalue weighted by atomic mass is 79.9. The summed E-state index contributed by atoms with van der Waals surface area (Å²) in [5.41, 5.74) is 1.18. The minimum absolute atomic E-state index is 0.263. The normalized spacial score (nSPS) is 12.2. The molecule has 0 aliphatic rings. The van der Waals surface area contributed by atoms with Crippen LogP contribution in [-0.4, -0.2) is 10.1 Å². The van der Waals surface area contributed by atoms with Crippen molar-refractivity contribution in [3.05, 3.63) is 58.1 Å². The summed E-state index contributed by atoms with van der Waals surface area (Å²) < 4.78 is 19.6. The molecule has 1 atom stereocenters. The van der Waals surface area contributed by atoms with E-state index in [9.17, 15) is 9.50 Å². The molecule has 0 radical (unpaired) electrons. The molecule has 1 heterocycles. The Morgan fingerprint density at radius 3 is 2.79 bits per heavy atom. The largest absolute Gasteiger partial charge is 0.487 e. The molecule has 0 aliphatic carbocycles. The van der Waals surface area contributed by atoms with Gasteiger partial charge in [-0.1, -0.05) is 0 Å². The van der Waals surface area contributed by atoms with E-state index in [2.05, 4.69) is 20.9 Å². The van der Waals surface area contributed by atoms with Crippen LogP contribution in [0.25, 0.3) is 0 Å². The van der Waals surface area contributed by atoms with E-state index in [0.29, 0.717) is 11.3 Å². The van der Waals surface area contributed by atoms with Gasteiger partial charge in [-0.25, -0.2) is 4.39 Å². The number of aliphatic hydroxyl groups excluding tert-OH is 1. The van der Waals surface area contributed by atoms with Crippen LogP contribution >= 0.6 is 15.9 Å². The SMILES string of the molecule is C[C@@H](O)c1cc(F)ccc1OCc1ccc(Br)cn1. The number of hydrogen-bond acceptors (Lipinski definition) is 3. The maximum Gasteiger partial charge on any atom is 0.130 e. The van der Waals surface area contributed by atoms with Gasteiger partial charge in [-0.05, 0) is 53.2 Å². The summed E-state index contributed by atoms with van der Waals surface area (Å²) in [6.45, 7) is 1.83. The van der Waals surface area contributed by atoms with Crippen molar-refractivity contribution < 1.29 is 14.2 Å². The quantitative estimate of drug-likeness (QED) is 0.933. The Morgan fingerprint density at radius 1 is 1.37 bits per heavy atom. The van der Waals surface area contributed by atoms with Gasteiger partial charge in [-0.15, -0.1) is 0 Å². The Balaban J connectivity index is 2.13. The van der Waals surface area contributed by atoms with Gasteiger partial charge in [0.15, 0.2) is 0 Å².